The number of benzene rings is 2. The Labute approximate surface area is 280 Å². The molecule has 1 unspecified atom stereocenters. The predicted octanol–water partition coefficient (Wildman–Crippen LogP) is 9.28. The molecule has 47 heavy (non-hydrogen) atoms. The van der Waals surface area contributed by atoms with Gasteiger partial charge in [0.2, 0.25) is 0 Å². The summed E-state index contributed by atoms with van der Waals surface area (Å²) in [6.45, 7) is 8.10. The third-order valence-electron chi connectivity index (χ3n) is 10.7. The van der Waals surface area contributed by atoms with Crippen LogP contribution in [0.5, 0.6) is 0 Å². The van der Waals surface area contributed by atoms with Crippen molar-refractivity contribution in [1.82, 2.24) is 0 Å². The van der Waals surface area contributed by atoms with Gasteiger partial charge in [-0.3, -0.25) is 4.79 Å². The number of rotatable bonds is 17. The van der Waals surface area contributed by atoms with Gasteiger partial charge in [-0.15, -0.1) is 0 Å². The van der Waals surface area contributed by atoms with Crippen molar-refractivity contribution in [2.75, 3.05) is 19.8 Å². The lowest BCUT2D eigenvalue weighted by molar-refractivity contribution is -0.142. The number of hydrogen-bond donors (Lipinski definition) is 1. The first kappa shape index (κ1) is 36.8. The van der Waals surface area contributed by atoms with Crippen molar-refractivity contribution in [3.8, 4) is 11.1 Å². The second kappa shape index (κ2) is 18.5. The number of hydrogen-bond acceptors (Lipinski definition) is 5. The van der Waals surface area contributed by atoms with Crippen molar-refractivity contribution >= 4 is 12.4 Å². The zero-order valence-electron chi connectivity index (χ0n) is 28.4. The van der Waals surface area contributed by atoms with Crippen LogP contribution in [0, 0.1) is 35.3 Å². The van der Waals surface area contributed by atoms with Crippen LogP contribution in [0.2, 0.25) is 0 Å². The van der Waals surface area contributed by atoms with Crippen LogP contribution in [0.25, 0.3) is 11.1 Å². The lowest BCUT2D eigenvalue weighted by Gasteiger charge is -2.39. The average Bonchev–Trinajstić information content (AvgIpc) is 3.09. The molecule has 2 aromatic carbocycles. The summed E-state index contributed by atoms with van der Waals surface area (Å²) in [4.78, 5) is 22.7. The minimum atomic E-state index is -0.615. The summed E-state index contributed by atoms with van der Waals surface area (Å²) in [5.74, 6) is 0.774. The number of unbranched alkanes of at least 4 members (excludes halogenated alkanes) is 2. The van der Waals surface area contributed by atoms with Gasteiger partial charge in [-0.25, -0.2) is 13.6 Å². The fraction of sp³-hybridized carbons (Fsp3) is 0.600. The highest BCUT2D eigenvalue weighted by Crippen LogP contribution is 2.46. The van der Waals surface area contributed by atoms with Crippen molar-refractivity contribution in [2.24, 2.45) is 23.7 Å². The first-order valence-electron chi connectivity index (χ1n) is 17.9. The third-order valence-corrected chi connectivity index (χ3v) is 10.7. The Kier molecular flexibility index (Phi) is 14.5. The van der Waals surface area contributed by atoms with Crippen molar-refractivity contribution in [2.45, 2.75) is 110 Å². The number of carbonyl (C=O) groups is 2. The average molecular weight is 653 g/mol. The Morgan fingerprint density at radius 3 is 2.21 bits per heavy atom. The highest BCUT2D eigenvalue weighted by molar-refractivity contribution is 5.87. The van der Waals surface area contributed by atoms with Crippen LogP contribution in [-0.4, -0.2) is 37.4 Å². The standard InChI is InChI=1S/C40H54F2O5/c1-4-6-7-8-29-20-37(41)39(38(42)21-29)35-17-18-36(31(5-2)22-35)34-15-13-33(14-16-34)32-11-9-28(10-12-32)19-30(24-46-26-44)25-47-40(45)27(3)23-43/h17-18,20-22,26,28,30,32-34,43H,3-16,19,23-25H2,1-2H3. The first-order valence-corrected chi connectivity index (χ1v) is 17.9. The number of carbonyl (C=O) groups excluding carboxylic acids is 2. The monoisotopic (exact) mass is 652 g/mol. The molecule has 1 atom stereocenters. The maximum absolute atomic E-state index is 15.2. The van der Waals surface area contributed by atoms with Gasteiger partial charge in [-0.05, 0) is 122 Å². The van der Waals surface area contributed by atoms with Crippen LogP contribution in [0.15, 0.2) is 42.5 Å². The fourth-order valence-corrected chi connectivity index (χ4v) is 8.08. The molecule has 5 nitrogen and oxygen atoms in total. The van der Waals surface area contributed by atoms with E-state index in [9.17, 15) is 9.59 Å². The summed E-state index contributed by atoms with van der Waals surface area (Å²) in [5.41, 5.74) is 3.98. The largest absolute Gasteiger partial charge is 0.467 e. The van der Waals surface area contributed by atoms with Gasteiger partial charge < -0.3 is 14.6 Å². The van der Waals surface area contributed by atoms with Gasteiger partial charge >= 0.3 is 5.97 Å². The molecule has 0 amide bonds. The molecule has 0 aromatic heterocycles. The fourth-order valence-electron chi connectivity index (χ4n) is 8.08. The number of ether oxygens (including phenoxy) is 2. The number of esters is 1. The van der Waals surface area contributed by atoms with E-state index in [2.05, 4.69) is 26.5 Å². The molecule has 2 saturated carbocycles. The van der Waals surface area contributed by atoms with Crippen LogP contribution in [0.3, 0.4) is 0 Å². The molecular weight excluding hydrogens is 598 g/mol. The Balaban J connectivity index is 1.29. The molecule has 0 heterocycles. The van der Waals surface area contributed by atoms with Crippen LogP contribution in [0.4, 0.5) is 8.78 Å². The third kappa shape index (κ3) is 10.2. The maximum atomic E-state index is 15.2. The van der Waals surface area contributed by atoms with Crippen molar-refractivity contribution in [3.05, 3.63) is 70.8 Å². The highest BCUT2D eigenvalue weighted by atomic mass is 19.1. The summed E-state index contributed by atoms with van der Waals surface area (Å²) in [6, 6.07) is 9.08. The summed E-state index contributed by atoms with van der Waals surface area (Å²) in [5, 5.41) is 9.10. The van der Waals surface area contributed by atoms with Crippen molar-refractivity contribution in [1.29, 1.82) is 0 Å². The molecule has 2 aliphatic rings. The van der Waals surface area contributed by atoms with E-state index in [0.29, 0.717) is 36.2 Å². The maximum Gasteiger partial charge on any atom is 0.335 e. The van der Waals surface area contributed by atoms with E-state index in [1.54, 1.807) is 0 Å². The van der Waals surface area contributed by atoms with Gasteiger partial charge in [0.25, 0.3) is 6.47 Å². The molecule has 0 aliphatic heterocycles. The summed E-state index contributed by atoms with van der Waals surface area (Å²) in [6.07, 6.45) is 14.7. The van der Waals surface area contributed by atoms with E-state index >= 15 is 8.78 Å². The van der Waals surface area contributed by atoms with E-state index in [0.717, 1.165) is 69.3 Å². The van der Waals surface area contributed by atoms with E-state index in [1.165, 1.54) is 48.9 Å². The Morgan fingerprint density at radius 2 is 1.62 bits per heavy atom. The smallest absolute Gasteiger partial charge is 0.335 e. The molecule has 2 aromatic rings. The van der Waals surface area contributed by atoms with Crippen molar-refractivity contribution < 1.29 is 33.0 Å². The molecule has 2 aliphatic carbocycles. The molecule has 0 saturated heterocycles. The second-order valence-electron chi connectivity index (χ2n) is 13.9. The minimum absolute atomic E-state index is 0.0163. The minimum Gasteiger partial charge on any atom is -0.467 e. The van der Waals surface area contributed by atoms with Gasteiger partial charge in [0.15, 0.2) is 0 Å². The Hall–Kier alpha value is -3.06. The molecule has 258 valence electrons. The first-order chi connectivity index (χ1) is 22.8. The molecule has 0 radical (unpaired) electrons. The van der Waals surface area contributed by atoms with E-state index < -0.39 is 24.2 Å². The zero-order valence-corrected chi connectivity index (χ0v) is 28.4. The molecule has 0 bridgehead atoms. The van der Waals surface area contributed by atoms with E-state index in [1.807, 2.05) is 12.1 Å². The lowest BCUT2D eigenvalue weighted by Crippen LogP contribution is -2.28. The van der Waals surface area contributed by atoms with E-state index in [4.69, 9.17) is 14.6 Å². The summed E-state index contributed by atoms with van der Waals surface area (Å²) >= 11 is 0. The normalized spacial score (nSPS) is 22.0. The van der Waals surface area contributed by atoms with Crippen LogP contribution < -0.4 is 0 Å². The Bertz CT molecular complexity index is 1300. The molecule has 7 heteroatoms. The quantitative estimate of drug-likeness (QED) is 0.0798. The zero-order chi connectivity index (χ0) is 33.8. The van der Waals surface area contributed by atoms with Gasteiger partial charge in [0.1, 0.15) is 11.6 Å². The SMILES string of the molecule is C=C(CO)C(=O)OCC(COC=O)CC1CCC(C2CCC(c3ccc(-c4c(F)cc(CCCCC)cc4F)cc3CC)CC2)CC1. The predicted molar refractivity (Wildman–Crippen MR) is 182 cm³/mol. The summed E-state index contributed by atoms with van der Waals surface area (Å²) in [7, 11) is 0. The Morgan fingerprint density at radius 1 is 0.957 bits per heavy atom. The van der Waals surface area contributed by atoms with Gasteiger partial charge in [-0.1, -0.05) is 64.3 Å². The van der Waals surface area contributed by atoms with Crippen LogP contribution >= 0.6 is 0 Å². The van der Waals surface area contributed by atoms with Gasteiger partial charge in [0, 0.05) is 5.92 Å². The van der Waals surface area contributed by atoms with Crippen LogP contribution in [0.1, 0.15) is 114 Å². The molecule has 4 rings (SSSR count). The number of aliphatic hydroxyl groups is 1. The topological polar surface area (TPSA) is 72.8 Å². The molecule has 2 fully saturated rings. The molecule has 0 spiro atoms. The highest BCUT2D eigenvalue weighted by Gasteiger charge is 2.33. The number of aliphatic hydroxyl groups excluding tert-OH is 1. The van der Waals surface area contributed by atoms with Gasteiger partial charge in [0.05, 0.1) is 31.0 Å². The van der Waals surface area contributed by atoms with Crippen molar-refractivity contribution in [3.63, 3.8) is 0 Å². The van der Waals surface area contributed by atoms with E-state index in [-0.39, 0.29) is 30.3 Å². The van der Waals surface area contributed by atoms with Gasteiger partial charge in [-0.2, -0.15) is 0 Å². The number of aryl methyl sites for hydroxylation is 2. The molecule has 1 N–H and O–H groups in total. The van der Waals surface area contributed by atoms with Crippen LogP contribution in [-0.2, 0) is 31.9 Å². The second-order valence-corrected chi connectivity index (χ2v) is 13.9. The summed E-state index contributed by atoms with van der Waals surface area (Å²) < 4.78 is 40.7. The molecular formula is C40H54F2O5. The lowest BCUT2D eigenvalue weighted by atomic mass is 9.67. The number of halogens is 2.